The third-order valence-corrected chi connectivity index (χ3v) is 12.4. The lowest BCUT2D eigenvalue weighted by Gasteiger charge is -2.46. The molecule has 0 saturated carbocycles. The average Bonchev–Trinajstić information content (AvgIpc) is 3.70. The maximum absolute atomic E-state index is 12.7. The predicted octanol–water partition coefficient (Wildman–Crippen LogP) is 5.34. The van der Waals surface area contributed by atoms with Crippen LogP contribution in [0, 0.1) is 0 Å². The minimum Gasteiger partial charge on any atom is -0.467 e. The second-order valence-corrected chi connectivity index (χ2v) is 16.6. The minimum absolute atomic E-state index is 0.191. The van der Waals surface area contributed by atoms with Crippen LogP contribution < -0.4 is 9.47 Å². The zero-order valence-electron chi connectivity index (χ0n) is 27.7. The van der Waals surface area contributed by atoms with Crippen LogP contribution in [0.25, 0.3) is 0 Å². The van der Waals surface area contributed by atoms with Crippen molar-refractivity contribution in [2.24, 2.45) is 0 Å². The predicted molar refractivity (Wildman–Crippen MR) is 181 cm³/mol. The number of hydrogen-bond donors (Lipinski definition) is 0. The monoisotopic (exact) mass is 684 g/mol. The van der Waals surface area contributed by atoms with Crippen molar-refractivity contribution in [2.75, 3.05) is 19.7 Å². The van der Waals surface area contributed by atoms with Gasteiger partial charge in [0.25, 0.3) is 17.7 Å². The van der Waals surface area contributed by atoms with Gasteiger partial charge in [-0.3, -0.25) is 23.5 Å². The molecule has 3 unspecified atom stereocenters. The molecule has 0 spiro atoms. The molecule has 0 bridgehead atoms. The summed E-state index contributed by atoms with van der Waals surface area (Å²) in [5.74, 6) is 0.646. The van der Waals surface area contributed by atoms with E-state index in [1.807, 2.05) is 32.0 Å². The van der Waals surface area contributed by atoms with E-state index >= 15 is 0 Å². The van der Waals surface area contributed by atoms with Crippen molar-refractivity contribution in [1.29, 1.82) is 0 Å². The van der Waals surface area contributed by atoms with E-state index in [9.17, 15) is 23.4 Å². The maximum Gasteiger partial charge on any atom is 0.330 e. The number of imide groups is 1. The molecule has 10 nitrogen and oxygen atoms in total. The number of ether oxygens (including phenoxy) is 3. The average molecular weight is 685 g/mol. The van der Waals surface area contributed by atoms with Crippen molar-refractivity contribution in [3.05, 3.63) is 59.2 Å². The topological polar surface area (TPSA) is 120 Å². The molecular formula is C35H44N2O8S2. The molecule has 0 radical (unpaired) electrons. The van der Waals surface area contributed by atoms with Crippen molar-refractivity contribution in [2.45, 2.75) is 100 Å². The van der Waals surface area contributed by atoms with Crippen LogP contribution in [0.4, 0.5) is 0 Å². The normalized spacial score (nSPS) is 23.0. The Balaban J connectivity index is 0.000000186. The number of carbonyl (C=O) groups excluding carboxylic acids is 4. The van der Waals surface area contributed by atoms with E-state index in [0.29, 0.717) is 17.9 Å². The number of rotatable bonds is 12. The third kappa shape index (κ3) is 7.09. The highest BCUT2D eigenvalue weighted by Gasteiger charge is 2.67. The van der Waals surface area contributed by atoms with Crippen LogP contribution in [-0.2, 0) is 31.5 Å². The number of amides is 3. The number of thioether (sulfide) groups is 1. The molecule has 47 heavy (non-hydrogen) atoms. The Bertz CT molecular complexity index is 1510. The van der Waals surface area contributed by atoms with Gasteiger partial charge in [-0.1, -0.05) is 64.2 Å². The van der Waals surface area contributed by atoms with E-state index in [1.165, 1.54) is 61.4 Å². The molecule has 0 aromatic heterocycles. The summed E-state index contributed by atoms with van der Waals surface area (Å²) in [7, 11) is 0.537. The van der Waals surface area contributed by atoms with Crippen molar-refractivity contribution in [1.82, 2.24) is 9.80 Å². The van der Waals surface area contributed by atoms with E-state index in [1.54, 1.807) is 24.3 Å². The number of fused-ring (bicyclic) bond motifs is 3. The highest BCUT2D eigenvalue weighted by molar-refractivity contribution is 8.01. The van der Waals surface area contributed by atoms with E-state index in [-0.39, 0.29) is 5.25 Å². The van der Waals surface area contributed by atoms with Gasteiger partial charge < -0.3 is 19.1 Å². The van der Waals surface area contributed by atoms with Crippen LogP contribution in [0.2, 0.25) is 0 Å². The van der Waals surface area contributed by atoms with Crippen LogP contribution in [0.1, 0.15) is 92.5 Å². The lowest BCUT2D eigenvalue weighted by molar-refractivity contribution is -0.164. The molecule has 0 aliphatic carbocycles. The first-order valence-electron chi connectivity index (χ1n) is 16.3. The number of benzene rings is 2. The summed E-state index contributed by atoms with van der Waals surface area (Å²) < 4.78 is 27.3. The molecule has 4 heterocycles. The lowest BCUT2D eigenvalue weighted by atomic mass is 9.95. The van der Waals surface area contributed by atoms with Gasteiger partial charge in [0.2, 0.25) is 6.79 Å². The first-order valence-corrected chi connectivity index (χ1v) is 18.6. The molecule has 2 aromatic rings. The smallest absolute Gasteiger partial charge is 0.330 e. The molecular weight excluding hydrogens is 641 g/mol. The van der Waals surface area contributed by atoms with Crippen LogP contribution in [0.15, 0.2) is 42.5 Å². The second kappa shape index (κ2) is 14.8. The Morgan fingerprint density at radius 3 is 2.30 bits per heavy atom. The quantitative estimate of drug-likeness (QED) is 0.126. The molecule has 2 saturated heterocycles. The number of unbranched alkanes of at least 4 members (excludes halogenated alkanes) is 5. The van der Waals surface area contributed by atoms with Crippen molar-refractivity contribution >= 4 is 46.3 Å². The zero-order chi connectivity index (χ0) is 33.9. The summed E-state index contributed by atoms with van der Waals surface area (Å²) >= 11 is 1.41. The number of β-lactam (4-membered cyclic amide) rings is 1. The van der Waals surface area contributed by atoms with Crippen LogP contribution in [0.5, 0.6) is 11.5 Å². The Hall–Kier alpha value is -3.38. The number of hydrogen-bond acceptors (Lipinski definition) is 9. The summed E-state index contributed by atoms with van der Waals surface area (Å²) in [6.45, 7) is 8.32. The van der Waals surface area contributed by atoms with Gasteiger partial charge in [0.1, 0.15) is 17.5 Å². The summed E-state index contributed by atoms with van der Waals surface area (Å²) in [6.07, 6.45) is 8.32. The van der Waals surface area contributed by atoms with Crippen molar-refractivity contribution in [3.8, 4) is 11.5 Å². The summed E-state index contributed by atoms with van der Waals surface area (Å²) in [5, 5.41) is -0.246. The Morgan fingerprint density at radius 1 is 1.00 bits per heavy atom. The SMILES string of the molecule is CCCCCCCCS(=O)C(C)Cc1ccc2c(c1)OCO2.COC(=O)[C@@H]1N2C(=O)C(N3C(=O)c4ccccc4C3=O)[C@H]2SC1(C)C. The summed E-state index contributed by atoms with van der Waals surface area (Å²) in [4.78, 5) is 52.6. The van der Waals surface area contributed by atoms with Gasteiger partial charge >= 0.3 is 5.97 Å². The van der Waals surface area contributed by atoms with Gasteiger partial charge in [0.15, 0.2) is 11.5 Å². The zero-order valence-corrected chi connectivity index (χ0v) is 29.3. The molecule has 4 aliphatic rings. The third-order valence-electron chi connectivity index (χ3n) is 9.05. The van der Waals surface area contributed by atoms with Crippen molar-refractivity contribution < 1.29 is 37.6 Å². The largest absolute Gasteiger partial charge is 0.467 e. The Kier molecular flexibility index (Phi) is 11.0. The first kappa shape index (κ1) is 34.9. The van der Waals surface area contributed by atoms with Gasteiger partial charge in [-0.2, -0.15) is 0 Å². The molecule has 2 fully saturated rings. The summed E-state index contributed by atoms with van der Waals surface area (Å²) in [5.41, 5.74) is 1.80. The van der Waals surface area contributed by atoms with Crippen LogP contribution >= 0.6 is 11.8 Å². The fourth-order valence-corrected chi connectivity index (χ4v) is 9.44. The molecule has 6 rings (SSSR count). The number of methoxy groups -OCH3 is 1. The highest BCUT2D eigenvalue weighted by atomic mass is 32.2. The fourth-order valence-electron chi connectivity index (χ4n) is 6.50. The molecule has 254 valence electrons. The van der Waals surface area contributed by atoms with Gasteiger partial charge in [-0.25, -0.2) is 4.79 Å². The highest BCUT2D eigenvalue weighted by Crippen LogP contribution is 2.53. The molecule has 0 N–H and O–H groups in total. The van der Waals surface area contributed by atoms with E-state index in [0.717, 1.165) is 35.0 Å². The van der Waals surface area contributed by atoms with Gasteiger partial charge in [-0.15, -0.1) is 11.8 Å². The van der Waals surface area contributed by atoms with Crippen LogP contribution in [0.3, 0.4) is 0 Å². The standard InChI is InChI=1S/C18H28O3S.C17H16N2O5S/c1-3-4-5-6-7-8-11-22(19)15(2)12-16-9-10-17-18(13-16)21-14-20-17;1-17(2)11(16(23)24-3)19-14(22)10(15(19)25-17)18-12(20)8-6-4-5-7-9(8)13(18)21/h9-10,13,15H,3-8,11-12,14H2,1-2H3;4-7,10-11,15H,1-3H3/t;10?,11-,15+/m.0/s1. The summed E-state index contributed by atoms with van der Waals surface area (Å²) in [6, 6.07) is 10.9. The maximum atomic E-state index is 12.7. The molecule has 3 amide bonds. The minimum atomic E-state index is -0.883. The van der Waals surface area contributed by atoms with Gasteiger partial charge in [-0.05, 0) is 56.5 Å². The molecule has 2 aromatic carbocycles. The second-order valence-electron chi connectivity index (χ2n) is 12.8. The molecule has 4 aliphatic heterocycles. The van der Waals surface area contributed by atoms with Gasteiger partial charge in [0.05, 0.1) is 18.2 Å². The molecule has 12 heteroatoms. The van der Waals surface area contributed by atoms with E-state index in [4.69, 9.17) is 14.2 Å². The Labute approximate surface area is 283 Å². The Morgan fingerprint density at radius 2 is 1.64 bits per heavy atom. The van der Waals surface area contributed by atoms with E-state index in [2.05, 4.69) is 13.8 Å². The van der Waals surface area contributed by atoms with E-state index < -0.39 is 56.7 Å². The van der Waals surface area contributed by atoms with Crippen molar-refractivity contribution in [3.63, 3.8) is 0 Å². The lowest BCUT2D eigenvalue weighted by Crippen LogP contribution is -2.71. The fraction of sp³-hybridized carbons (Fsp3) is 0.543. The first-order chi connectivity index (χ1) is 22.5. The number of esters is 1. The van der Waals surface area contributed by atoms with Gasteiger partial charge in [0, 0.05) is 26.5 Å². The number of nitrogens with zero attached hydrogens (tertiary/aromatic N) is 2. The molecule has 5 atom stereocenters. The number of carbonyl (C=O) groups is 4. The van der Waals surface area contributed by atoms with Crippen LogP contribution in [-0.4, -0.2) is 84.8 Å².